The second-order valence-electron chi connectivity index (χ2n) is 6.22. The highest BCUT2D eigenvalue weighted by molar-refractivity contribution is 5.92. The van der Waals surface area contributed by atoms with Crippen LogP contribution in [0.15, 0.2) is 6.07 Å². The number of amides is 1. The monoisotopic (exact) mass is 292 g/mol. The second-order valence-corrected chi connectivity index (χ2v) is 6.22. The Kier molecular flexibility index (Phi) is 4.90. The van der Waals surface area contributed by atoms with E-state index in [0.29, 0.717) is 30.4 Å². The molecule has 1 aliphatic rings. The summed E-state index contributed by atoms with van der Waals surface area (Å²) < 4.78 is 0. The van der Waals surface area contributed by atoms with Crippen LogP contribution in [-0.2, 0) is 6.42 Å². The Labute approximate surface area is 125 Å². The molecule has 1 atom stereocenters. The summed E-state index contributed by atoms with van der Waals surface area (Å²) in [4.78, 5) is 20.7. The lowest BCUT2D eigenvalue weighted by atomic mass is 10.0. The van der Waals surface area contributed by atoms with Gasteiger partial charge in [0, 0.05) is 18.8 Å². The quantitative estimate of drug-likeness (QED) is 0.733. The fourth-order valence-electron chi connectivity index (χ4n) is 2.49. The van der Waals surface area contributed by atoms with Gasteiger partial charge in [-0.05, 0) is 38.3 Å². The fraction of sp³-hybridized carbons (Fsp3) is 0.667. The van der Waals surface area contributed by atoms with Crippen LogP contribution >= 0.6 is 0 Å². The number of aryl methyl sites for hydroxylation is 1. The maximum atomic E-state index is 12.2. The number of rotatable bonds is 5. The average molecular weight is 292 g/mol. The summed E-state index contributed by atoms with van der Waals surface area (Å²) >= 11 is 0. The van der Waals surface area contributed by atoms with Crippen molar-refractivity contribution in [3.63, 3.8) is 0 Å². The lowest BCUT2D eigenvalue weighted by Gasteiger charge is -2.21. The molecule has 3 N–H and O–H groups in total. The van der Waals surface area contributed by atoms with E-state index in [1.807, 2.05) is 0 Å². The molecule has 116 valence electrons. The highest BCUT2D eigenvalue weighted by Crippen LogP contribution is 2.13. The van der Waals surface area contributed by atoms with Gasteiger partial charge in [0.1, 0.15) is 11.5 Å². The van der Waals surface area contributed by atoms with Gasteiger partial charge in [0.05, 0.1) is 5.60 Å². The van der Waals surface area contributed by atoms with Crippen molar-refractivity contribution >= 4 is 5.91 Å². The van der Waals surface area contributed by atoms with Crippen molar-refractivity contribution in [2.45, 2.75) is 39.2 Å². The number of β-amino-alcohol motifs (C(OH)–C–C–N with tert-alkyl or cyclic N) is 1. The molecule has 21 heavy (non-hydrogen) atoms. The first-order valence-electron chi connectivity index (χ1n) is 7.44. The third-order valence-corrected chi connectivity index (χ3v) is 3.54. The fourth-order valence-corrected chi connectivity index (χ4v) is 2.49. The highest BCUT2D eigenvalue weighted by Gasteiger charge is 2.31. The number of nitrogens with zero attached hydrogens (tertiary/aromatic N) is 2. The zero-order valence-corrected chi connectivity index (χ0v) is 12.9. The normalized spacial score (nSPS) is 21.8. The van der Waals surface area contributed by atoms with Gasteiger partial charge < -0.3 is 15.7 Å². The van der Waals surface area contributed by atoms with Gasteiger partial charge in [0.2, 0.25) is 0 Å². The summed E-state index contributed by atoms with van der Waals surface area (Å²) in [6.45, 7) is 7.53. The molecule has 1 aromatic heterocycles. The molecule has 0 bridgehead atoms. The minimum absolute atomic E-state index is 0.237. The van der Waals surface area contributed by atoms with Crippen LogP contribution in [0, 0.1) is 12.8 Å². The second kappa shape index (κ2) is 6.49. The van der Waals surface area contributed by atoms with E-state index >= 15 is 0 Å². The maximum absolute atomic E-state index is 12.2. The average Bonchev–Trinajstić information content (AvgIpc) is 2.82. The molecule has 1 aromatic rings. The highest BCUT2D eigenvalue weighted by atomic mass is 16.3. The molecule has 0 aromatic carbocycles. The van der Waals surface area contributed by atoms with Crippen LogP contribution in [0.2, 0.25) is 0 Å². The van der Waals surface area contributed by atoms with Crippen molar-refractivity contribution in [1.82, 2.24) is 20.6 Å². The van der Waals surface area contributed by atoms with Crippen molar-refractivity contribution < 1.29 is 9.90 Å². The Morgan fingerprint density at radius 3 is 2.90 bits per heavy atom. The molecule has 0 aliphatic carbocycles. The van der Waals surface area contributed by atoms with Crippen LogP contribution in [0.4, 0.5) is 0 Å². The van der Waals surface area contributed by atoms with Gasteiger partial charge in [-0.3, -0.25) is 4.79 Å². The van der Waals surface area contributed by atoms with E-state index in [2.05, 4.69) is 34.4 Å². The number of hydrogen-bond donors (Lipinski definition) is 3. The summed E-state index contributed by atoms with van der Waals surface area (Å²) in [6, 6.07) is 1.74. The Morgan fingerprint density at radius 1 is 1.52 bits per heavy atom. The van der Waals surface area contributed by atoms with Gasteiger partial charge >= 0.3 is 0 Å². The number of nitrogens with one attached hydrogen (secondary N) is 2. The van der Waals surface area contributed by atoms with Crippen molar-refractivity contribution in [3.8, 4) is 0 Å². The van der Waals surface area contributed by atoms with Crippen LogP contribution in [-0.4, -0.2) is 46.2 Å². The largest absolute Gasteiger partial charge is 0.387 e. The Bertz CT molecular complexity index is 510. The van der Waals surface area contributed by atoms with Crippen LogP contribution in [0.25, 0.3) is 0 Å². The molecule has 0 radical (unpaired) electrons. The molecule has 2 rings (SSSR count). The molecule has 1 saturated heterocycles. The number of carbonyl (C=O) groups is 1. The number of aliphatic hydroxyl groups is 1. The van der Waals surface area contributed by atoms with E-state index in [4.69, 9.17) is 0 Å². The minimum atomic E-state index is -0.849. The third kappa shape index (κ3) is 4.47. The molecule has 1 aliphatic heterocycles. The predicted molar refractivity (Wildman–Crippen MR) is 80.1 cm³/mol. The smallest absolute Gasteiger partial charge is 0.270 e. The number of hydrogen-bond acceptors (Lipinski definition) is 5. The molecular formula is C15H24N4O2. The Balaban J connectivity index is 2.02. The van der Waals surface area contributed by atoms with Crippen molar-refractivity contribution in [3.05, 3.63) is 23.3 Å². The van der Waals surface area contributed by atoms with Gasteiger partial charge in [-0.2, -0.15) is 0 Å². The first kappa shape index (κ1) is 15.9. The summed E-state index contributed by atoms with van der Waals surface area (Å²) in [5.41, 5.74) is 0.398. The Morgan fingerprint density at radius 2 is 2.29 bits per heavy atom. The molecule has 0 spiro atoms. The van der Waals surface area contributed by atoms with E-state index in [1.54, 1.807) is 13.0 Å². The van der Waals surface area contributed by atoms with Gasteiger partial charge in [0.25, 0.3) is 5.91 Å². The predicted octanol–water partition coefficient (Wildman–Crippen LogP) is 0.438. The molecule has 0 unspecified atom stereocenters. The van der Waals surface area contributed by atoms with Crippen molar-refractivity contribution in [2.75, 3.05) is 19.6 Å². The molecule has 0 saturated carbocycles. The SMILES string of the molecule is Cc1nc(CC(C)C)cc(C(=O)NC[C@@]2(O)CCNC2)n1. The minimum Gasteiger partial charge on any atom is -0.387 e. The lowest BCUT2D eigenvalue weighted by molar-refractivity contribution is 0.0560. The van der Waals surface area contributed by atoms with E-state index in [1.165, 1.54) is 0 Å². The zero-order chi connectivity index (χ0) is 15.5. The van der Waals surface area contributed by atoms with Gasteiger partial charge in [-0.15, -0.1) is 0 Å². The van der Waals surface area contributed by atoms with Gasteiger partial charge in [-0.25, -0.2) is 9.97 Å². The van der Waals surface area contributed by atoms with E-state index < -0.39 is 5.60 Å². The topological polar surface area (TPSA) is 87.1 Å². The summed E-state index contributed by atoms with van der Waals surface area (Å²) in [5.74, 6) is 0.811. The van der Waals surface area contributed by atoms with Crippen molar-refractivity contribution in [1.29, 1.82) is 0 Å². The first-order valence-corrected chi connectivity index (χ1v) is 7.44. The van der Waals surface area contributed by atoms with E-state index in [9.17, 15) is 9.90 Å². The van der Waals surface area contributed by atoms with Crippen LogP contribution in [0.1, 0.15) is 42.3 Å². The molecular weight excluding hydrogens is 268 g/mol. The van der Waals surface area contributed by atoms with E-state index in [0.717, 1.165) is 18.7 Å². The Hall–Kier alpha value is -1.53. The van der Waals surface area contributed by atoms with Crippen LogP contribution in [0.5, 0.6) is 0 Å². The summed E-state index contributed by atoms with van der Waals surface area (Å²) in [6.07, 6.45) is 1.46. The standard InChI is InChI=1S/C15H24N4O2/c1-10(2)6-12-7-13(19-11(3)18-12)14(20)17-9-15(21)4-5-16-8-15/h7,10,16,21H,4-6,8-9H2,1-3H3,(H,17,20)/t15-/m1/s1. The van der Waals surface area contributed by atoms with Crippen molar-refractivity contribution in [2.24, 2.45) is 5.92 Å². The first-order chi connectivity index (χ1) is 9.88. The zero-order valence-electron chi connectivity index (χ0n) is 12.9. The summed E-state index contributed by atoms with van der Waals surface area (Å²) in [5, 5.41) is 16.1. The molecule has 1 amide bonds. The van der Waals surface area contributed by atoms with Gasteiger partial charge in [0.15, 0.2) is 0 Å². The molecule has 1 fully saturated rings. The maximum Gasteiger partial charge on any atom is 0.270 e. The molecule has 2 heterocycles. The van der Waals surface area contributed by atoms with Crippen LogP contribution in [0.3, 0.4) is 0 Å². The van der Waals surface area contributed by atoms with Gasteiger partial charge in [-0.1, -0.05) is 13.8 Å². The summed E-state index contributed by atoms with van der Waals surface area (Å²) in [7, 11) is 0. The molecule has 6 heteroatoms. The van der Waals surface area contributed by atoms with Crippen LogP contribution < -0.4 is 10.6 Å². The molecule has 6 nitrogen and oxygen atoms in total. The third-order valence-electron chi connectivity index (χ3n) is 3.54. The number of carbonyl (C=O) groups excluding carboxylic acids is 1. The number of aromatic nitrogens is 2. The van der Waals surface area contributed by atoms with E-state index in [-0.39, 0.29) is 12.5 Å². The lowest BCUT2D eigenvalue weighted by Crippen LogP contribution is -2.44.